The van der Waals surface area contributed by atoms with Gasteiger partial charge < -0.3 is 5.73 Å². The summed E-state index contributed by atoms with van der Waals surface area (Å²) in [6.07, 6.45) is 3.92. The van der Waals surface area contributed by atoms with E-state index in [4.69, 9.17) is 5.73 Å². The quantitative estimate of drug-likeness (QED) is 0.933. The van der Waals surface area contributed by atoms with Crippen molar-refractivity contribution in [2.24, 2.45) is 0 Å². The summed E-state index contributed by atoms with van der Waals surface area (Å²) in [6.45, 7) is 4.36. The molecule has 1 aromatic heterocycles. The lowest BCUT2D eigenvalue weighted by Crippen LogP contribution is -2.36. The number of likely N-dealkylation sites (tertiary alicyclic amines) is 1. The van der Waals surface area contributed by atoms with E-state index in [2.05, 4.69) is 16.9 Å². The third-order valence-electron chi connectivity index (χ3n) is 4.09. The lowest BCUT2D eigenvalue weighted by Gasteiger charge is -2.32. The highest BCUT2D eigenvalue weighted by Gasteiger charge is 2.19. The van der Waals surface area contributed by atoms with Crippen molar-refractivity contribution in [3.8, 4) is 5.69 Å². The van der Waals surface area contributed by atoms with E-state index < -0.39 is 0 Å². The minimum Gasteiger partial charge on any atom is -0.384 e. The van der Waals surface area contributed by atoms with Gasteiger partial charge >= 0.3 is 0 Å². The molecular weight excluding hydrogens is 248 g/mol. The van der Waals surface area contributed by atoms with Gasteiger partial charge in [0.05, 0.1) is 11.4 Å². The van der Waals surface area contributed by atoms with Gasteiger partial charge in [0.1, 0.15) is 5.82 Å². The van der Waals surface area contributed by atoms with Crippen LogP contribution < -0.4 is 5.73 Å². The fourth-order valence-electron chi connectivity index (χ4n) is 2.90. The first kappa shape index (κ1) is 13.2. The number of nitrogens with two attached hydrogens (primary N) is 1. The maximum atomic E-state index is 6.10. The normalized spacial score (nSPS) is 20.1. The first-order valence-corrected chi connectivity index (χ1v) is 7.38. The monoisotopic (exact) mass is 270 g/mol. The molecule has 2 aromatic rings. The number of piperidine rings is 1. The molecule has 20 heavy (non-hydrogen) atoms. The van der Waals surface area contributed by atoms with Crippen LogP contribution in [0.4, 0.5) is 5.82 Å². The predicted octanol–water partition coefficient (Wildman–Crippen LogP) is 2.83. The van der Waals surface area contributed by atoms with E-state index in [0.29, 0.717) is 11.9 Å². The molecule has 1 atom stereocenters. The van der Waals surface area contributed by atoms with Crippen LogP contribution in [0.3, 0.4) is 0 Å². The van der Waals surface area contributed by atoms with Crippen LogP contribution in [0.25, 0.3) is 5.69 Å². The van der Waals surface area contributed by atoms with E-state index >= 15 is 0 Å². The highest BCUT2D eigenvalue weighted by Crippen LogP contribution is 2.20. The zero-order chi connectivity index (χ0) is 13.9. The number of hydrogen-bond acceptors (Lipinski definition) is 3. The molecule has 0 bridgehead atoms. The molecular formula is C16H22N4. The first-order valence-electron chi connectivity index (χ1n) is 7.38. The molecule has 1 saturated heterocycles. The number of para-hydroxylation sites is 1. The van der Waals surface area contributed by atoms with Crippen molar-refractivity contribution in [2.45, 2.75) is 38.8 Å². The van der Waals surface area contributed by atoms with Crippen molar-refractivity contribution in [3.63, 3.8) is 0 Å². The summed E-state index contributed by atoms with van der Waals surface area (Å²) in [5.74, 6) is 0.705. The third-order valence-corrected chi connectivity index (χ3v) is 4.09. The first-order chi connectivity index (χ1) is 9.74. The van der Waals surface area contributed by atoms with Gasteiger partial charge in [-0.25, -0.2) is 4.68 Å². The topological polar surface area (TPSA) is 47.1 Å². The Hall–Kier alpha value is -1.81. The number of anilines is 1. The van der Waals surface area contributed by atoms with Crippen molar-refractivity contribution in [3.05, 3.63) is 42.1 Å². The Morgan fingerprint density at radius 3 is 2.80 bits per heavy atom. The van der Waals surface area contributed by atoms with Crippen LogP contribution in [0.2, 0.25) is 0 Å². The maximum Gasteiger partial charge on any atom is 0.127 e. The number of hydrogen-bond donors (Lipinski definition) is 1. The van der Waals surface area contributed by atoms with Crippen LogP contribution >= 0.6 is 0 Å². The molecule has 0 amide bonds. The Labute approximate surface area is 120 Å². The Bertz CT molecular complexity index is 561. The van der Waals surface area contributed by atoms with Crippen LogP contribution in [-0.2, 0) is 6.54 Å². The van der Waals surface area contributed by atoms with Gasteiger partial charge in [0.2, 0.25) is 0 Å². The number of benzene rings is 1. The summed E-state index contributed by atoms with van der Waals surface area (Å²) in [4.78, 5) is 2.50. The molecule has 2 N–H and O–H groups in total. The van der Waals surface area contributed by atoms with Gasteiger partial charge in [-0.2, -0.15) is 5.10 Å². The highest BCUT2D eigenvalue weighted by atomic mass is 15.3. The van der Waals surface area contributed by atoms with Crippen molar-refractivity contribution in [2.75, 3.05) is 12.3 Å². The van der Waals surface area contributed by atoms with E-state index in [1.54, 1.807) is 0 Å². The van der Waals surface area contributed by atoms with Gasteiger partial charge in [-0.05, 0) is 38.4 Å². The van der Waals surface area contributed by atoms with E-state index in [1.807, 2.05) is 41.1 Å². The predicted molar refractivity (Wildman–Crippen MR) is 81.7 cm³/mol. The fourth-order valence-corrected chi connectivity index (χ4v) is 2.90. The minimum atomic E-state index is 0.645. The average molecular weight is 270 g/mol. The molecule has 106 valence electrons. The maximum absolute atomic E-state index is 6.10. The Kier molecular flexibility index (Phi) is 3.74. The zero-order valence-corrected chi connectivity index (χ0v) is 12.0. The Morgan fingerprint density at radius 1 is 1.25 bits per heavy atom. The second kappa shape index (κ2) is 5.67. The standard InChI is InChI=1S/C16H22N4/c1-13-7-5-6-10-19(13)12-14-11-16(17)20(18-14)15-8-3-2-4-9-15/h2-4,8-9,11,13H,5-7,10,12,17H2,1H3. The lowest BCUT2D eigenvalue weighted by atomic mass is 10.0. The average Bonchev–Trinajstić information content (AvgIpc) is 2.83. The minimum absolute atomic E-state index is 0.645. The molecule has 0 spiro atoms. The molecule has 3 rings (SSSR count). The van der Waals surface area contributed by atoms with Crippen molar-refractivity contribution in [1.29, 1.82) is 0 Å². The van der Waals surface area contributed by atoms with Crippen molar-refractivity contribution < 1.29 is 0 Å². The Balaban J connectivity index is 1.79. The van der Waals surface area contributed by atoms with Crippen LogP contribution in [0.1, 0.15) is 31.9 Å². The number of rotatable bonds is 3. The van der Waals surface area contributed by atoms with Gasteiger partial charge in [-0.15, -0.1) is 0 Å². The van der Waals surface area contributed by atoms with Crippen molar-refractivity contribution >= 4 is 5.82 Å². The molecule has 4 heteroatoms. The van der Waals surface area contributed by atoms with Crippen LogP contribution in [0.5, 0.6) is 0 Å². The zero-order valence-electron chi connectivity index (χ0n) is 12.0. The van der Waals surface area contributed by atoms with Crippen molar-refractivity contribution in [1.82, 2.24) is 14.7 Å². The molecule has 2 heterocycles. The van der Waals surface area contributed by atoms with Gasteiger partial charge in [-0.1, -0.05) is 24.6 Å². The number of nitrogens with zero attached hydrogens (tertiary/aromatic N) is 3. The van der Waals surface area contributed by atoms with E-state index in [0.717, 1.165) is 17.9 Å². The molecule has 4 nitrogen and oxygen atoms in total. The summed E-state index contributed by atoms with van der Waals surface area (Å²) in [5.41, 5.74) is 8.17. The van der Waals surface area contributed by atoms with Gasteiger partial charge in [0.25, 0.3) is 0 Å². The number of aromatic nitrogens is 2. The molecule has 1 aliphatic heterocycles. The molecule has 1 unspecified atom stereocenters. The van der Waals surface area contributed by atoms with E-state index in [1.165, 1.54) is 25.8 Å². The van der Waals surface area contributed by atoms with Gasteiger partial charge in [0, 0.05) is 18.7 Å². The highest BCUT2D eigenvalue weighted by molar-refractivity contribution is 5.42. The largest absolute Gasteiger partial charge is 0.384 e. The van der Waals surface area contributed by atoms with E-state index in [9.17, 15) is 0 Å². The molecule has 1 aromatic carbocycles. The molecule has 0 aliphatic carbocycles. The second-order valence-electron chi connectivity index (χ2n) is 5.62. The molecule has 0 saturated carbocycles. The summed E-state index contributed by atoms with van der Waals surface area (Å²) in [7, 11) is 0. The van der Waals surface area contributed by atoms with E-state index in [-0.39, 0.29) is 0 Å². The number of nitrogen functional groups attached to an aromatic ring is 1. The summed E-state index contributed by atoms with van der Waals surface area (Å²) in [5, 5.41) is 4.66. The van der Waals surface area contributed by atoms with Gasteiger partial charge in [0.15, 0.2) is 0 Å². The molecule has 1 aliphatic rings. The summed E-state index contributed by atoms with van der Waals surface area (Å²) >= 11 is 0. The third kappa shape index (κ3) is 2.70. The second-order valence-corrected chi connectivity index (χ2v) is 5.62. The molecule has 0 radical (unpaired) electrons. The lowest BCUT2D eigenvalue weighted by molar-refractivity contribution is 0.150. The summed E-state index contributed by atoms with van der Waals surface area (Å²) in [6, 6.07) is 12.7. The van der Waals surface area contributed by atoms with Crippen LogP contribution in [-0.4, -0.2) is 27.3 Å². The Morgan fingerprint density at radius 2 is 2.05 bits per heavy atom. The summed E-state index contributed by atoms with van der Waals surface area (Å²) < 4.78 is 1.82. The van der Waals surface area contributed by atoms with Crippen LogP contribution in [0.15, 0.2) is 36.4 Å². The fraction of sp³-hybridized carbons (Fsp3) is 0.438. The van der Waals surface area contributed by atoms with Crippen LogP contribution in [0, 0.1) is 0 Å². The van der Waals surface area contributed by atoms with Gasteiger partial charge in [-0.3, -0.25) is 4.90 Å². The molecule has 1 fully saturated rings. The smallest absolute Gasteiger partial charge is 0.127 e. The SMILES string of the molecule is CC1CCCCN1Cc1cc(N)n(-c2ccccc2)n1.